The summed E-state index contributed by atoms with van der Waals surface area (Å²) >= 11 is 0. The molecule has 2 aliphatic rings. The predicted molar refractivity (Wildman–Crippen MR) is 90.9 cm³/mol. The van der Waals surface area contributed by atoms with Gasteiger partial charge in [0.25, 0.3) is 0 Å². The first-order valence-electron chi connectivity index (χ1n) is 8.35. The van der Waals surface area contributed by atoms with Crippen LogP contribution in [-0.2, 0) is 14.2 Å². The molecule has 4 atom stereocenters. The molecule has 0 aromatic heterocycles. The van der Waals surface area contributed by atoms with Crippen LogP contribution in [0.2, 0.25) is 0 Å². The van der Waals surface area contributed by atoms with E-state index >= 15 is 0 Å². The van der Waals surface area contributed by atoms with E-state index < -0.39 is 30.6 Å². The highest BCUT2D eigenvalue weighted by Gasteiger charge is 2.41. The number of carbonyl (C=O) groups excluding carboxylic acids is 2. The molecule has 2 aliphatic heterocycles. The van der Waals surface area contributed by atoms with E-state index in [-0.39, 0.29) is 12.7 Å². The number of rotatable bonds is 5. The van der Waals surface area contributed by atoms with Crippen molar-refractivity contribution in [3.63, 3.8) is 0 Å². The van der Waals surface area contributed by atoms with Crippen LogP contribution in [0.1, 0.15) is 23.7 Å². The number of esters is 1. The number of amides is 2. The van der Waals surface area contributed by atoms with Crippen LogP contribution in [0, 0.1) is 0 Å². The summed E-state index contributed by atoms with van der Waals surface area (Å²) in [7, 11) is 1.55. The molecule has 2 amide bonds. The average molecular weight is 362 g/mol. The number of hydrogen-bond donors (Lipinski definition) is 2. The number of aliphatic hydroxyl groups excluding tert-OH is 1. The fourth-order valence-corrected chi connectivity index (χ4v) is 2.95. The molecule has 2 N–H and O–H groups in total. The second kappa shape index (κ2) is 7.86. The lowest BCUT2D eigenvalue weighted by atomic mass is 10.1. The van der Waals surface area contributed by atoms with Gasteiger partial charge >= 0.3 is 12.0 Å². The summed E-state index contributed by atoms with van der Waals surface area (Å²) in [4.78, 5) is 25.6. The maximum Gasteiger partial charge on any atom is 0.338 e. The fourth-order valence-electron chi connectivity index (χ4n) is 2.95. The summed E-state index contributed by atoms with van der Waals surface area (Å²) in [6.45, 7) is 1.72. The molecule has 2 heterocycles. The third-order valence-corrected chi connectivity index (χ3v) is 4.45. The quantitative estimate of drug-likeness (QED) is 0.765. The van der Waals surface area contributed by atoms with Gasteiger partial charge in [0.2, 0.25) is 0 Å². The monoisotopic (exact) mass is 362 g/mol. The number of carbonyl (C=O) groups is 2. The minimum Gasteiger partial charge on any atom is -0.459 e. The van der Waals surface area contributed by atoms with Gasteiger partial charge in [0.1, 0.15) is 18.9 Å². The molecule has 4 unspecified atom stereocenters. The molecule has 1 fully saturated rings. The van der Waals surface area contributed by atoms with Crippen LogP contribution < -0.4 is 5.32 Å². The summed E-state index contributed by atoms with van der Waals surface area (Å²) in [6.07, 6.45) is -0.400. The van der Waals surface area contributed by atoms with E-state index in [0.717, 1.165) is 0 Å². The van der Waals surface area contributed by atoms with Gasteiger partial charge < -0.3 is 24.6 Å². The van der Waals surface area contributed by atoms with Crippen molar-refractivity contribution in [2.24, 2.45) is 0 Å². The van der Waals surface area contributed by atoms with Crippen LogP contribution in [0.3, 0.4) is 0 Å². The normalized spacial score (nSPS) is 28.5. The molecule has 0 saturated carbocycles. The highest BCUT2D eigenvalue weighted by atomic mass is 16.6. The molecule has 0 spiro atoms. The fraction of sp³-hybridized carbons (Fsp3) is 0.444. The van der Waals surface area contributed by atoms with Gasteiger partial charge in [-0.3, -0.25) is 4.90 Å². The lowest BCUT2D eigenvalue weighted by Gasteiger charge is -2.31. The van der Waals surface area contributed by atoms with Gasteiger partial charge in [-0.2, -0.15) is 0 Å². The van der Waals surface area contributed by atoms with Crippen LogP contribution in [-0.4, -0.2) is 60.4 Å². The Bertz CT molecular complexity index is 692. The topological polar surface area (TPSA) is 97.3 Å². The predicted octanol–water partition coefficient (Wildman–Crippen LogP) is 1.22. The van der Waals surface area contributed by atoms with Gasteiger partial charge in [0.15, 0.2) is 6.23 Å². The van der Waals surface area contributed by atoms with Crippen molar-refractivity contribution in [3.05, 3.63) is 47.7 Å². The SMILES string of the molecule is COC1CC(N2C=C(C)C(O)NC2=O)OC1COC(=O)c1ccccc1. The van der Waals surface area contributed by atoms with Gasteiger partial charge in [-0.25, -0.2) is 9.59 Å². The number of benzene rings is 1. The van der Waals surface area contributed by atoms with E-state index in [0.29, 0.717) is 17.6 Å². The summed E-state index contributed by atoms with van der Waals surface area (Å²) in [5.41, 5.74) is 1.06. The molecular formula is C18H22N2O6. The lowest BCUT2D eigenvalue weighted by molar-refractivity contribution is -0.0670. The molecule has 0 radical (unpaired) electrons. The van der Waals surface area contributed by atoms with Crippen molar-refractivity contribution in [2.75, 3.05) is 13.7 Å². The molecule has 1 aromatic carbocycles. The van der Waals surface area contributed by atoms with E-state index in [1.807, 2.05) is 6.07 Å². The summed E-state index contributed by atoms with van der Waals surface area (Å²) in [5, 5.41) is 12.1. The number of ether oxygens (including phenoxy) is 3. The van der Waals surface area contributed by atoms with Gasteiger partial charge in [0.05, 0.1) is 11.7 Å². The Balaban J connectivity index is 1.62. The van der Waals surface area contributed by atoms with Crippen LogP contribution in [0.25, 0.3) is 0 Å². The Hall–Kier alpha value is -2.42. The standard InChI is InChI=1S/C18H22N2O6/c1-11-9-20(18(23)19-16(11)21)15-8-13(24-2)14(26-15)10-25-17(22)12-6-4-3-5-7-12/h3-7,9,13-16,21H,8,10H2,1-2H3,(H,19,23). The number of hydrogen-bond acceptors (Lipinski definition) is 6. The van der Waals surface area contributed by atoms with Gasteiger partial charge in [-0.1, -0.05) is 18.2 Å². The summed E-state index contributed by atoms with van der Waals surface area (Å²) in [5.74, 6) is -0.443. The van der Waals surface area contributed by atoms with Gasteiger partial charge in [-0.15, -0.1) is 0 Å². The summed E-state index contributed by atoms with van der Waals surface area (Å²) in [6, 6.07) is 8.23. The van der Waals surface area contributed by atoms with Crippen LogP contribution in [0.4, 0.5) is 4.79 Å². The maximum absolute atomic E-state index is 12.1. The Kier molecular flexibility index (Phi) is 5.55. The smallest absolute Gasteiger partial charge is 0.338 e. The Morgan fingerprint density at radius 2 is 2.12 bits per heavy atom. The number of aliphatic hydroxyl groups is 1. The van der Waals surface area contributed by atoms with Crippen molar-refractivity contribution >= 4 is 12.0 Å². The van der Waals surface area contributed by atoms with Crippen molar-refractivity contribution < 1.29 is 28.9 Å². The molecule has 0 aliphatic carbocycles. The van der Waals surface area contributed by atoms with Gasteiger partial charge in [0, 0.05) is 19.7 Å². The molecule has 8 nitrogen and oxygen atoms in total. The Morgan fingerprint density at radius 1 is 1.38 bits per heavy atom. The van der Waals surface area contributed by atoms with Gasteiger partial charge in [-0.05, 0) is 24.6 Å². The maximum atomic E-state index is 12.1. The zero-order valence-corrected chi connectivity index (χ0v) is 14.6. The largest absolute Gasteiger partial charge is 0.459 e. The van der Waals surface area contributed by atoms with E-state index in [2.05, 4.69) is 5.32 Å². The van der Waals surface area contributed by atoms with E-state index in [4.69, 9.17) is 14.2 Å². The second-order valence-electron chi connectivity index (χ2n) is 6.24. The molecule has 140 valence electrons. The third kappa shape index (κ3) is 3.87. The van der Waals surface area contributed by atoms with Crippen LogP contribution in [0.5, 0.6) is 0 Å². The first-order chi connectivity index (χ1) is 12.5. The summed E-state index contributed by atoms with van der Waals surface area (Å²) < 4.78 is 16.6. The zero-order chi connectivity index (χ0) is 18.7. The molecule has 1 saturated heterocycles. The minimum atomic E-state index is -0.999. The Morgan fingerprint density at radius 3 is 2.81 bits per heavy atom. The van der Waals surface area contributed by atoms with E-state index in [9.17, 15) is 14.7 Å². The molecule has 1 aromatic rings. The van der Waals surface area contributed by atoms with Crippen LogP contribution in [0.15, 0.2) is 42.1 Å². The highest BCUT2D eigenvalue weighted by Crippen LogP contribution is 2.28. The number of nitrogens with one attached hydrogen (secondary N) is 1. The first-order valence-corrected chi connectivity index (χ1v) is 8.35. The molecule has 26 heavy (non-hydrogen) atoms. The third-order valence-electron chi connectivity index (χ3n) is 4.45. The molecular weight excluding hydrogens is 340 g/mol. The van der Waals surface area contributed by atoms with E-state index in [1.165, 1.54) is 4.90 Å². The van der Waals surface area contributed by atoms with Crippen molar-refractivity contribution in [2.45, 2.75) is 38.0 Å². The second-order valence-corrected chi connectivity index (χ2v) is 6.24. The number of methoxy groups -OCH3 is 1. The average Bonchev–Trinajstić information content (AvgIpc) is 3.06. The molecule has 0 bridgehead atoms. The number of nitrogens with zero attached hydrogens (tertiary/aromatic N) is 1. The van der Waals surface area contributed by atoms with Crippen molar-refractivity contribution in [3.8, 4) is 0 Å². The highest BCUT2D eigenvalue weighted by molar-refractivity contribution is 5.89. The lowest BCUT2D eigenvalue weighted by Crippen LogP contribution is -2.51. The number of urea groups is 1. The van der Waals surface area contributed by atoms with Crippen molar-refractivity contribution in [1.82, 2.24) is 10.2 Å². The Labute approximate surface area is 151 Å². The zero-order valence-electron chi connectivity index (χ0n) is 14.6. The van der Waals surface area contributed by atoms with Crippen LogP contribution >= 0.6 is 0 Å². The van der Waals surface area contributed by atoms with E-state index in [1.54, 1.807) is 44.5 Å². The van der Waals surface area contributed by atoms with Crippen molar-refractivity contribution in [1.29, 1.82) is 0 Å². The minimum absolute atomic E-state index is 0.0174. The first kappa shape index (κ1) is 18.4. The molecule has 8 heteroatoms. The molecule has 3 rings (SSSR count).